The van der Waals surface area contributed by atoms with Crippen LogP contribution in [0.15, 0.2) is 4.42 Å². The minimum absolute atomic E-state index is 0.523. The van der Waals surface area contributed by atoms with Gasteiger partial charge in [-0.05, 0) is 18.8 Å². The molecular formula is C12H22N4O. The van der Waals surface area contributed by atoms with E-state index in [1.807, 2.05) is 7.05 Å². The zero-order chi connectivity index (χ0) is 12.3. The normalized spacial score (nSPS) is 24.9. The quantitative estimate of drug-likeness (QED) is 0.862. The second-order valence-electron chi connectivity index (χ2n) is 4.96. The third kappa shape index (κ3) is 2.77. The van der Waals surface area contributed by atoms with E-state index in [1.165, 1.54) is 25.7 Å². The summed E-state index contributed by atoms with van der Waals surface area (Å²) >= 11 is 0. The Morgan fingerprint density at radius 1 is 1.35 bits per heavy atom. The molecule has 1 aliphatic rings. The van der Waals surface area contributed by atoms with E-state index >= 15 is 0 Å². The molecule has 2 N–H and O–H groups in total. The number of aromatic nitrogens is 2. The Bertz CT molecular complexity index is 352. The van der Waals surface area contributed by atoms with Gasteiger partial charge in [0.2, 0.25) is 5.89 Å². The highest BCUT2D eigenvalue weighted by atomic mass is 16.4. The average molecular weight is 238 g/mol. The summed E-state index contributed by atoms with van der Waals surface area (Å²) in [5.74, 6) is 1.33. The highest BCUT2D eigenvalue weighted by Crippen LogP contribution is 2.29. The first-order valence-corrected chi connectivity index (χ1v) is 6.47. The van der Waals surface area contributed by atoms with Crippen LogP contribution in [0, 0.1) is 5.92 Å². The molecule has 1 heterocycles. The lowest BCUT2D eigenvalue weighted by Gasteiger charge is -2.35. The second-order valence-corrected chi connectivity index (χ2v) is 4.96. The van der Waals surface area contributed by atoms with Crippen molar-refractivity contribution in [3.8, 4) is 0 Å². The molecule has 17 heavy (non-hydrogen) atoms. The van der Waals surface area contributed by atoms with Gasteiger partial charge < -0.3 is 15.1 Å². The Balaban J connectivity index is 2.04. The van der Waals surface area contributed by atoms with Crippen molar-refractivity contribution in [1.82, 2.24) is 10.2 Å². The van der Waals surface area contributed by atoms with Gasteiger partial charge in [0, 0.05) is 26.1 Å². The summed E-state index contributed by atoms with van der Waals surface area (Å²) in [6.07, 6.45) is 5.79. The van der Waals surface area contributed by atoms with Gasteiger partial charge in [-0.15, -0.1) is 5.10 Å². The fourth-order valence-corrected chi connectivity index (χ4v) is 2.63. The summed E-state index contributed by atoms with van der Waals surface area (Å²) in [6.45, 7) is 2.85. The standard InChI is InChI=1S/C12H22N4O/c1-9-5-3-4-6-10(9)16(2)12-15-14-11(17-12)7-8-13/h9-10H,3-8,13H2,1-2H3. The van der Waals surface area contributed by atoms with Gasteiger partial charge in [-0.2, -0.15) is 0 Å². The Kier molecular flexibility index (Phi) is 3.99. The molecule has 1 aromatic rings. The van der Waals surface area contributed by atoms with E-state index in [9.17, 15) is 0 Å². The molecule has 0 bridgehead atoms. The first-order valence-electron chi connectivity index (χ1n) is 6.47. The van der Waals surface area contributed by atoms with E-state index < -0.39 is 0 Å². The van der Waals surface area contributed by atoms with E-state index in [1.54, 1.807) is 0 Å². The summed E-state index contributed by atoms with van der Waals surface area (Å²) < 4.78 is 5.61. The van der Waals surface area contributed by atoms with Crippen molar-refractivity contribution in [2.24, 2.45) is 11.7 Å². The molecule has 0 saturated heterocycles. The Morgan fingerprint density at radius 2 is 2.12 bits per heavy atom. The number of hydrogen-bond donors (Lipinski definition) is 1. The molecule has 1 aromatic heterocycles. The first-order chi connectivity index (χ1) is 8.22. The largest absolute Gasteiger partial charge is 0.408 e. The average Bonchev–Trinajstić information content (AvgIpc) is 2.78. The molecule has 96 valence electrons. The van der Waals surface area contributed by atoms with Crippen molar-refractivity contribution in [3.63, 3.8) is 0 Å². The Morgan fingerprint density at radius 3 is 2.82 bits per heavy atom. The maximum Gasteiger partial charge on any atom is 0.318 e. The monoisotopic (exact) mass is 238 g/mol. The lowest BCUT2D eigenvalue weighted by molar-refractivity contribution is 0.310. The molecule has 0 aliphatic heterocycles. The van der Waals surface area contributed by atoms with Crippen LogP contribution in [0.5, 0.6) is 0 Å². The van der Waals surface area contributed by atoms with Gasteiger partial charge in [0.05, 0.1) is 0 Å². The molecule has 1 aliphatic carbocycles. The van der Waals surface area contributed by atoms with Crippen molar-refractivity contribution in [2.75, 3.05) is 18.5 Å². The molecular weight excluding hydrogens is 216 g/mol. The topological polar surface area (TPSA) is 68.2 Å². The van der Waals surface area contributed by atoms with Gasteiger partial charge >= 0.3 is 6.01 Å². The van der Waals surface area contributed by atoms with Gasteiger partial charge in [0.15, 0.2) is 0 Å². The van der Waals surface area contributed by atoms with Crippen molar-refractivity contribution in [3.05, 3.63) is 5.89 Å². The minimum Gasteiger partial charge on any atom is -0.408 e. The minimum atomic E-state index is 0.523. The van der Waals surface area contributed by atoms with Gasteiger partial charge in [-0.3, -0.25) is 0 Å². The molecule has 0 amide bonds. The van der Waals surface area contributed by atoms with Crippen molar-refractivity contribution < 1.29 is 4.42 Å². The van der Waals surface area contributed by atoms with E-state index in [-0.39, 0.29) is 0 Å². The number of rotatable bonds is 4. The summed E-state index contributed by atoms with van der Waals surface area (Å²) in [5, 5.41) is 8.11. The van der Waals surface area contributed by atoms with Crippen LogP contribution in [0.1, 0.15) is 38.5 Å². The van der Waals surface area contributed by atoms with Gasteiger partial charge in [-0.1, -0.05) is 24.9 Å². The van der Waals surface area contributed by atoms with E-state index in [0.717, 1.165) is 0 Å². The van der Waals surface area contributed by atoms with Crippen LogP contribution in [-0.4, -0.2) is 29.8 Å². The van der Waals surface area contributed by atoms with Crippen LogP contribution in [-0.2, 0) is 6.42 Å². The molecule has 0 aromatic carbocycles. The van der Waals surface area contributed by atoms with Crippen molar-refractivity contribution >= 4 is 6.01 Å². The number of anilines is 1. The first kappa shape index (κ1) is 12.4. The highest BCUT2D eigenvalue weighted by molar-refractivity contribution is 5.25. The van der Waals surface area contributed by atoms with Gasteiger partial charge in [0.25, 0.3) is 0 Å². The molecule has 0 spiro atoms. The molecule has 0 radical (unpaired) electrons. The van der Waals surface area contributed by atoms with Crippen molar-refractivity contribution in [1.29, 1.82) is 0 Å². The molecule has 5 nitrogen and oxygen atoms in total. The van der Waals surface area contributed by atoms with Crippen LogP contribution >= 0.6 is 0 Å². The number of nitrogens with two attached hydrogens (primary N) is 1. The summed E-state index contributed by atoms with van der Waals surface area (Å²) in [5.41, 5.74) is 5.47. The van der Waals surface area contributed by atoms with Crippen LogP contribution in [0.3, 0.4) is 0 Å². The number of hydrogen-bond acceptors (Lipinski definition) is 5. The Labute approximate surface area is 102 Å². The van der Waals surface area contributed by atoms with Crippen LogP contribution in [0.25, 0.3) is 0 Å². The zero-order valence-electron chi connectivity index (χ0n) is 10.7. The molecule has 2 atom stereocenters. The lowest BCUT2D eigenvalue weighted by atomic mass is 9.85. The molecule has 2 rings (SSSR count). The third-order valence-electron chi connectivity index (χ3n) is 3.68. The third-order valence-corrected chi connectivity index (χ3v) is 3.68. The van der Waals surface area contributed by atoms with Gasteiger partial charge in [-0.25, -0.2) is 0 Å². The van der Waals surface area contributed by atoms with Crippen LogP contribution < -0.4 is 10.6 Å². The molecule has 2 unspecified atom stereocenters. The van der Waals surface area contributed by atoms with Crippen LogP contribution in [0.4, 0.5) is 6.01 Å². The second kappa shape index (κ2) is 5.49. The van der Waals surface area contributed by atoms with Crippen molar-refractivity contribution in [2.45, 2.75) is 45.1 Å². The molecule has 5 heteroatoms. The van der Waals surface area contributed by atoms with E-state index in [4.69, 9.17) is 10.2 Å². The lowest BCUT2D eigenvalue weighted by Crippen LogP contribution is -2.39. The summed E-state index contributed by atoms with van der Waals surface area (Å²) in [4.78, 5) is 2.14. The molecule has 1 saturated carbocycles. The maximum absolute atomic E-state index is 5.61. The summed E-state index contributed by atoms with van der Waals surface area (Å²) in [6, 6.07) is 1.15. The van der Waals surface area contributed by atoms with Gasteiger partial charge in [0.1, 0.15) is 0 Å². The predicted molar refractivity (Wildman–Crippen MR) is 66.9 cm³/mol. The van der Waals surface area contributed by atoms with Crippen LogP contribution in [0.2, 0.25) is 0 Å². The SMILES string of the molecule is CC1CCCCC1N(C)c1nnc(CCN)o1. The fraction of sp³-hybridized carbons (Fsp3) is 0.833. The molecule has 1 fully saturated rings. The predicted octanol–water partition coefficient (Wildman–Crippen LogP) is 1.59. The van der Waals surface area contributed by atoms with E-state index in [0.29, 0.717) is 36.8 Å². The maximum atomic E-state index is 5.61. The zero-order valence-corrected chi connectivity index (χ0v) is 10.7. The number of nitrogens with zero attached hydrogens (tertiary/aromatic N) is 3. The smallest absolute Gasteiger partial charge is 0.318 e. The Hall–Kier alpha value is -1.10. The summed E-state index contributed by atoms with van der Waals surface area (Å²) in [7, 11) is 2.05. The fourth-order valence-electron chi connectivity index (χ4n) is 2.63. The van der Waals surface area contributed by atoms with E-state index in [2.05, 4.69) is 22.0 Å². The highest BCUT2D eigenvalue weighted by Gasteiger charge is 2.27.